The zero-order valence-corrected chi connectivity index (χ0v) is 12.7. The predicted octanol–water partition coefficient (Wildman–Crippen LogP) is 1.63. The van der Waals surface area contributed by atoms with Crippen molar-refractivity contribution in [3.63, 3.8) is 0 Å². The maximum atomic E-state index is 10.5. The van der Waals surface area contributed by atoms with Crippen molar-refractivity contribution in [2.45, 2.75) is 26.2 Å². The molecular formula is C15H26O6. The van der Waals surface area contributed by atoms with Crippen LogP contribution in [-0.4, -0.2) is 50.1 Å². The van der Waals surface area contributed by atoms with Crippen LogP contribution in [0.3, 0.4) is 0 Å². The third kappa shape index (κ3) is 20.8. The molecule has 0 aliphatic rings. The first kappa shape index (κ1) is 21.6. The Labute approximate surface area is 126 Å². The molecule has 0 heterocycles. The summed E-state index contributed by atoms with van der Waals surface area (Å²) in [4.78, 5) is 20.8. The van der Waals surface area contributed by atoms with Gasteiger partial charge in [-0.2, -0.15) is 0 Å². The number of carbonyl (C=O) groups is 2. The molecule has 0 spiro atoms. The van der Waals surface area contributed by atoms with Gasteiger partial charge in [0.2, 0.25) is 0 Å². The molecule has 122 valence electrons. The molecule has 21 heavy (non-hydrogen) atoms. The molecular weight excluding hydrogens is 276 g/mol. The molecule has 0 amide bonds. The van der Waals surface area contributed by atoms with Crippen molar-refractivity contribution < 1.29 is 28.9 Å². The second-order valence-corrected chi connectivity index (χ2v) is 3.79. The van der Waals surface area contributed by atoms with Crippen LogP contribution in [0.25, 0.3) is 0 Å². The van der Waals surface area contributed by atoms with Gasteiger partial charge in [-0.05, 0) is 6.42 Å². The summed E-state index contributed by atoms with van der Waals surface area (Å²) in [5.41, 5.74) is 0. The molecule has 6 nitrogen and oxygen atoms in total. The molecule has 0 aliphatic heterocycles. The summed E-state index contributed by atoms with van der Waals surface area (Å²) < 4.78 is 14.4. The van der Waals surface area contributed by atoms with Crippen molar-refractivity contribution in [2.75, 3.05) is 33.0 Å². The molecule has 6 heteroatoms. The lowest BCUT2D eigenvalue weighted by Gasteiger charge is -2.02. The molecule has 0 aromatic carbocycles. The summed E-state index contributed by atoms with van der Waals surface area (Å²) in [6, 6.07) is 0. The smallest absolute Gasteiger partial charge is 0.330 e. The van der Waals surface area contributed by atoms with Crippen LogP contribution in [0.15, 0.2) is 25.3 Å². The summed E-state index contributed by atoms with van der Waals surface area (Å²) in [6.07, 6.45) is 4.89. The standard InChI is InChI=1S/C9H16O3.C6H10O3/c1-3-5-6-11-7-8-12-9(10)4-2;1-2-6(8)9-5-3-4-7/h4H,2-3,5-8H2,1H3;2,7H,1,3-5H2. The van der Waals surface area contributed by atoms with Gasteiger partial charge in [0.05, 0.1) is 13.2 Å². The Balaban J connectivity index is 0. The van der Waals surface area contributed by atoms with Crippen LogP contribution in [0.5, 0.6) is 0 Å². The highest BCUT2D eigenvalue weighted by molar-refractivity contribution is 5.81. The van der Waals surface area contributed by atoms with E-state index in [1.54, 1.807) is 0 Å². The third-order valence-corrected chi connectivity index (χ3v) is 1.99. The molecule has 0 fully saturated rings. The number of hydrogen-bond donors (Lipinski definition) is 1. The van der Waals surface area contributed by atoms with Gasteiger partial charge in [0, 0.05) is 31.8 Å². The summed E-state index contributed by atoms with van der Waals surface area (Å²) in [5, 5.41) is 8.23. The van der Waals surface area contributed by atoms with Crippen molar-refractivity contribution >= 4 is 11.9 Å². The first-order valence-corrected chi connectivity index (χ1v) is 6.89. The summed E-state index contributed by atoms with van der Waals surface area (Å²) in [6.45, 7) is 10.4. The van der Waals surface area contributed by atoms with E-state index in [2.05, 4.69) is 29.6 Å². The Bertz CT molecular complexity index is 288. The van der Waals surface area contributed by atoms with Crippen LogP contribution in [0.2, 0.25) is 0 Å². The fourth-order valence-corrected chi connectivity index (χ4v) is 0.905. The van der Waals surface area contributed by atoms with E-state index in [-0.39, 0.29) is 13.2 Å². The van der Waals surface area contributed by atoms with Gasteiger partial charge in [-0.15, -0.1) is 0 Å². The quantitative estimate of drug-likeness (QED) is 0.355. The van der Waals surface area contributed by atoms with Crippen molar-refractivity contribution in [1.82, 2.24) is 0 Å². The van der Waals surface area contributed by atoms with Gasteiger partial charge in [0.1, 0.15) is 6.61 Å². The average molecular weight is 302 g/mol. The number of esters is 2. The van der Waals surface area contributed by atoms with Crippen molar-refractivity contribution in [1.29, 1.82) is 0 Å². The zero-order chi connectivity index (χ0) is 16.3. The lowest BCUT2D eigenvalue weighted by Crippen LogP contribution is -2.08. The zero-order valence-electron chi connectivity index (χ0n) is 12.7. The van der Waals surface area contributed by atoms with E-state index in [1.807, 2.05) is 0 Å². The van der Waals surface area contributed by atoms with Crippen LogP contribution in [0.1, 0.15) is 26.2 Å². The number of aliphatic hydroxyl groups excluding tert-OH is 1. The van der Waals surface area contributed by atoms with E-state index in [9.17, 15) is 9.59 Å². The number of rotatable bonds is 11. The fraction of sp³-hybridized carbons (Fsp3) is 0.600. The number of carbonyl (C=O) groups excluding carboxylic acids is 2. The normalized spacial score (nSPS) is 9.05. The lowest BCUT2D eigenvalue weighted by atomic mass is 10.4. The predicted molar refractivity (Wildman–Crippen MR) is 79.7 cm³/mol. The van der Waals surface area contributed by atoms with Crippen molar-refractivity contribution in [2.24, 2.45) is 0 Å². The van der Waals surface area contributed by atoms with Gasteiger partial charge < -0.3 is 19.3 Å². The monoisotopic (exact) mass is 302 g/mol. The molecule has 0 bridgehead atoms. The molecule has 0 aromatic heterocycles. The first-order valence-electron chi connectivity index (χ1n) is 6.89. The van der Waals surface area contributed by atoms with E-state index in [0.29, 0.717) is 19.6 Å². The van der Waals surface area contributed by atoms with Crippen LogP contribution in [0, 0.1) is 0 Å². The molecule has 0 radical (unpaired) electrons. The van der Waals surface area contributed by atoms with Gasteiger partial charge in [0.15, 0.2) is 0 Å². The molecule has 0 saturated carbocycles. The molecule has 0 aromatic rings. The van der Waals surface area contributed by atoms with Gasteiger partial charge in [-0.25, -0.2) is 9.59 Å². The molecule has 0 rings (SSSR count). The molecule has 0 saturated heterocycles. The highest BCUT2D eigenvalue weighted by Crippen LogP contribution is 1.88. The van der Waals surface area contributed by atoms with Gasteiger partial charge in [-0.1, -0.05) is 26.5 Å². The Hall–Kier alpha value is -1.66. The second kappa shape index (κ2) is 18.3. The molecule has 0 unspecified atom stereocenters. The SMILES string of the molecule is C=CC(=O)OCCCO.C=CC(=O)OCCOCCCC. The van der Waals surface area contributed by atoms with Gasteiger partial charge in [-0.3, -0.25) is 0 Å². The number of ether oxygens (including phenoxy) is 3. The van der Waals surface area contributed by atoms with Gasteiger partial charge in [0.25, 0.3) is 0 Å². The maximum absolute atomic E-state index is 10.5. The summed E-state index contributed by atoms with van der Waals surface area (Å²) >= 11 is 0. The van der Waals surface area contributed by atoms with E-state index >= 15 is 0 Å². The third-order valence-electron chi connectivity index (χ3n) is 1.99. The maximum Gasteiger partial charge on any atom is 0.330 e. The number of hydrogen-bond acceptors (Lipinski definition) is 6. The molecule has 0 aliphatic carbocycles. The van der Waals surface area contributed by atoms with Crippen LogP contribution < -0.4 is 0 Å². The topological polar surface area (TPSA) is 82.1 Å². The van der Waals surface area contributed by atoms with E-state index in [1.165, 1.54) is 0 Å². The number of aliphatic hydroxyl groups is 1. The average Bonchev–Trinajstić information content (AvgIpc) is 2.51. The van der Waals surface area contributed by atoms with Gasteiger partial charge >= 0.3 is 11.9 Å². The summed E-state index contributed by atoms with van der Waals surface area (Å²) in [5.74, 6) is -0.836. The fourth-order valence-electron chi connectivity index (χ4n) is 0.905. The minimum atomic E-state index is -0.441. The number of unbranched alkanes of at least 4 members (excludes halogenated alkanes) is 1. The second-order valence-electron chi connectivity index (χ2n) is 3.79. The first-order chi connectivity index (χ1) is 10.1. The summed E-state index contributed by atoms with van der Waals surface area (Å²) in [7, 11) is 0. The van der Waals surface area contributed by atoms with Crippen LogP contribution >= 0.6 is 0 Å². The molecule has 1 N–H and O–H groups in total. The highest BCUT2D eigenvalue weighted by Gasteiger charge is 1.94. The minimum absolute atomic E-state index is 0.0461. The Morgan fingerprint density at radius 1 is 0.952 bits per heavy atom. The van der Waals surface area contributed by atoms with Crippen molar-refractivity contribution in [3.05, 3.63) is 25.3 Å². The van der Waals surface area contributed by atoms with Crippen LogP contribution in [0.4, 0.5) is 0 Å². The largest absolute Gasteiger partial charge is 0.462 e. The van der Waals surface area contributed by atoms with Crippen molar-refractivity contribution in [3.8, 4) is 0 Å². The highest BCUT2D eigenvalue weighted by atomic mass is 16.6. The van der Waals surface area contributed by atoms with E-state index in [0.717, 1.165) is 31.6 Å². The van der Waals surface area contributed by atoms with E-state index in [4.69, 9.17) is 9.84 Å². The van der Waals surface area contributed by atoms with Crippen LogP contribution in [-0.2, 0) is 23.8 Å². The Morgan fingerprint density at radius 2 is 1.52 bits per heavy atom. The minimum Gasteiger partial charge on any atom is -0.462 e. The Kier molecular flexibility index (Phi) is 18.9. The van der Waals surface area contributed by atoms with E-state index < -0.39 is 11.9 Å². The lowest BCUT2D eigenvalue weighted by molar-refractivity contribution is -0.139. The Morgan fingerprint density at radius 3 is 2.00 bits per heavy atom. The molecule has 0 atom stereocenters.